The molecule has 3 nitrogen and oxygen atoms in total. The summed E-state index contributed by atoms with van der Waals surface area (Å²) in [6, 6.07) is 3.28. The monoisotopic (exact) mass is 232 g/mol. The molecule has 66 valence electrons. The van der Waals surface area contributed by atoms with Gasteiger partial charge in [0.25, 0.3) is 0 Å². The predicted octanol–water partition coefficient (Wildman–Crippen LogP) is 2.17. The number of aromatic hydroxyl groups is 1. The summed E-state index contributed by atoms with van der Waals surface area (Å²) < 4.78 is 10.4. The molecular weight excluding hydrogens is 224 g/mol. The molecule has 0 aliphatic rings. The fraction of sp³-hybridized carbons (Fsp3) is 0.250. The van der Waals surface area contributed by atoms with Crippen LogP contribution < -0.4 is 9.47 Å². The van der Waals surface area contributed by atoms with E-state index in [1.807, 2.05) is 0 Å². The number of phenols is 1. The van der Waals surface area contributed by atoms with Gasteiger partial charge in [0.15, 0.2) is 11.5 Å². The van der Waals surface area contributed by atoms with Crippen molar-refractivity contribution in [2.75, 3.05) is 14.2 Å². The van der Waals surface area contributed by atoms with Gasteiger partial charge in [-0.15, -0.1) is 0 Å². The van der Waals surface area contributed by atoms with Gasteiger partial charge in [-0.05, 0) is 22.0 Å². The molecule has 4 heteroatoms. The Labute approximate surface area is 79.1 Å². The Balaban J connectivity index is 3.19. The summed E-state index contributed by atoms with van der Waals surface area (Å²) in [5.41, 5.74) is 0. The maximum absolute atomic E-state index is 9.39. The topological polar surface area (TPSA) is 38.7 Å². The third-order valence-corrected chi connectivity index (χ3v) is 2.06. The summed E-state index contributed by atoms with van der Waals surface area (Å²) in [4.78, 5) is 0. The molecule has 1 rings (SSSR count). The van der Waals surface area contributed by atoms with Crippen molar-refractivity contribution < 1.29 is 14.6 Å². The molecule has 0 aromatic heterocycles. The molecule has 0 unspecified atom stereocenters. The van der Waals surface area contributed by atoms with Crippen LogP contribution in [0.5, 0.6) is 17.2 Å². The summed E-state index contributed by atoms with van der Waals surface area (Å²) in [6.07, 6.45) is 0. The zero-order valence-corrected chi connectivity index (χ0v) is 8.38. The first kappa shape index (κ1) is 9.19. The summed E-state index contributed by atoms with van der Waals surface area (Å²) in [6.45, 7) is 0. The molecule has 12 heavy (non-hydrogen) atoms. The quantitative estimate of drug-likeness (QED) is 0.850. The van der Waals surface area contributed by atoms with Gasteiger partial charge in [-0.2, -0.15) is 0 Å². The van der Waals surface area contributed by atoms with Crippen LogP contribution in [-0.4, -0.2) is 19.3 Å². The molecule has 0 radical (unpaired) electrons. The van der Waals surface area contributed by atoms with Crippen LogP contribution in [0.3, 0.4) is 0 Å². The van der Waals surface area contributed by atoms with Crippen LogP contribution in [-0.2, 0) is 0 Å². The lowest BCUT2D eigenvalue weighted by Gasteiger charge is -2.07. The van der Waals surface area contributed by atoms with E-state index in [2.05, 4.69) is 15.9 Å². The van der Waals surface area contributed by atoms with Gasteiger partial charge >= 0.3 is 0 Å². The van der Waals surface area contributed by atoms with E-state index in [9.17, 15) is 5.11 Å². The standard InChI is InChI=1S/C8H9BrO3/c1-11-5-3-6(9)8(10)7(4-5)12-2/h3-4,10H,1-2H3. The molecule has 0 amide bonds. The second-order valence-electron chi connectivity index (χ2n) is 2.16. The zero-order chi connectivity index (χ0) is 9.14. The number of hydrogen-bond donors (Lipinski definition) is 1. The maximum atomic E-state index is 9.39. The lowest BCUT2D eigenvalue weighted by molar-refractivity contribution is 0.362. The number of hydrogen-bond acceptors (Lipinski definition) is 3. The second kappa shape index (κ2) is 3.67. The highest BCUT2D eigenvalue weighted by atomic mass is 79.9. The van der Waals surface area contributed by atoms with E-state index in [1.54, 1.807) is 19.2 Å². The van der Waals surface area contributed by atoms with Crippen molar-refractivity contribution in [3.8, 4) is 17.2 Å². The van der Waals surface area contributed by atoms with Gasteiger partial charge in [0, 0.05) is 6.07 Å². The highest BCUT2D eigenvalue weighted by Gasteiger charge is 2.07. The minimum atomic E-state index is 0.0818. The van der Waals surface area contributed by atoms with Crippen LogP contribution in [0.4, 0.5) is 0 Å². The largest absolute Gasteiger partial charge is 0.503 e. The molecule has 0 fully saturated rings. The molecule has 1 N–H and O–H groups in total. The summed E-state index contributed by atoms with van der Waals surface area (Å²) in [5.74, 6) is 1.11. The Morgan fingerprint density at radius 2 is 1.92 bits per heavy atom. The Morgan fingerprint density at radius 3 is 2.42 bits per heavy atom. The van der Waals surface area contributed by atoms with E-state index in [4.69, 9.17) is 9.47 Å². The molecule has 1 aromatic carbocycles. The number of methoxy groups -OCH3 is 2. The van der Waals surface area contributed by atoms with E-state index in [1.165, 1.54) is 7.11 Å². The third kappa shape index (κ3) is 1.64. The minimum Gasteiger partial charge on any atom is -0.503 e. The van der Waals surface area contributed by atoms with E-state index in [0.29, 0.717) is 16.0 Å². The van der Waals surface area contributed by atoms with Crippen LogP contribution in [0.15, 0.2) is 16.6 Å². The first-order chi connectivity index (χ1) is 5.69. The summed E-state index contributed by atoms with van der Waals surface area (Å²) in [5, 5.41) is 9.39. The van der Waals surface area contributed by atoms with Crippen molar-refractivity contribution in [2.45, 2.75) is 0 Å². The first-order valence-corrected chi connectivity index (χ1v) is 4.09. The SMILES string of the molecule is COc1cc(Br)c(O)c(OC)c1. The van der Waals surface area contributed by atoms with Crippen LogP contribution in [0.2, 0.25) is 0 Å². The summed E-state index contributed by atoms with van der Waals surface area (Å²) >= 11 is 3.17. The highest BCUT2D eigenvalue weighted by molar-refractivity contribution is 9.10. The molecule has 0 saturated heterocycles. The molecule has 0 aliphatic heterocycles. The van der Waals surface area contributed by atoms with Gasteiger partial charge in [0.2, 0.25) is 0 Å². The number of ether oxygens (including phenoxy) is 2. The van der Waals surface area contributed by atoms with Gasteiger partial charge in [0.1, 0.15) is 5.75 Å². The van der Waals surface area contributed by atoms with Crippen molar-refractivity contribution in [3.63, 3.8) is 0 Å². The lowest BCUT2D eigenvalue weighted by Crippen LogP contribution is -1.87. The average Bonchev–Trinajstić information content (AvgIpc) is 2.09. The highest BCUT2D eigenvalue weighted by Crippen LogP contribution is 2.37. The molecule has 0 bridgehead atoms. The molecule has 0 aliphatic carbocycles. The number of phenolic OH excluding ortho intramolecular Hbond substituents is 1. The van der Waals surface area contributed by atoms with Crippen molar-refractivity contribution in [2.24, 2.45) is 0 Å². The maximum Gasteiger partial charge on any atom is 0.172 e. The van der Waals surface area contributed by atoms with Gasteiger partial charge in [-0.25, -0.2) is 0 Å². The Hall–Kier alpha value is -0.900. The van der Waals surface area contributed by atoms with E-state index < -0.39 is 0 Å². The lowest BCUT2D eigenvalue weighted by atomic mass is 10.3. The molecule has 0 atom stereocenters. The zero-order valence-electron chi connectivity index (χ0n) is 6.80. The Morgan fingerprint density at radius 1 is 1.25 bits per heavy atom. The summed E-state index contributed by atoms with van der Waals surface area (Å²) in [7, 11) is 3.04. The van der Waals surface area contributed by atoms with Crippen LogP contribution in [0, 0.1) is 0 Å². The number of rotatable bonds is 2. The van der Waals surface area contributed by atoms with Gasteiger partial charge in [0.05, 0.1) is 18.7 Å². The molecule has 0 heterocycles. The molecule has 0 spiro atoms. The van der Waals surface area contributed by atoms with Crippen LogP contribution in [0.1, 0.15) is 0 Å². The van der Waals surface area contributed by atoms with E-state index in [-0.39, 0.29) is 5.75 Å². The number of halogens is 1. The Kier molecular flexibility index (Phi) is 2.81. The van der Waals surface area contributed by atoms with E-state index in [0.717, 1.165) is 0 Å². The van der Waals surface area contributed by atoms with Crippen molar-refractivity contribution in [1.29, 1.82) is 0 Å². The molecular formula is C8H9BrO3. The molecule has 1 aromatic rings. The van der Waals surface area contributed by atoms with Gasteiger partial charge in [-0.3, -0.25) is 0 Å². The van der Waals surface area contributed by atoms with Crippen molar-refractivity contribution >= 4 is 15.9 Å². The van der Waals surface area contributed by atoms with E-state index >= 15 is 0 Å². The number of benzene rings is 1. The Bertz CT molecular complexity index is 286. The van der Waals surface area contributed by atoms with Crippen LogP contribution in [0.25, 0.3) is 0 Å². The molecule has 0 saturated carbocycles. The van der Waals surface area contributed by atoms with Crippen LogP contribution >= 0.6 is 15.9 Å². The predicted molar refractivity (Wildman–Crippen MR) is 48.9 cm³/mol. The fourth-order valence-electron chi connectivity index (χ4n) is 0.824. The van der Waals surface area contributed by atoms with Gasteiger partial charge in [-0.1, -0.05) is 0 Å². The normalized spacial score (nSPS) is 9.58. The third-order valence-electron chi connectivity index (χ3n) is 1.46. The van der Waals surface area contributed by atoms with Crippen molar-refractivity contribution in [1.82, 2.24) is 0 Å². The fourth-order valence-corrected chi connectivity index (χ4v) is 1.24. The smallest absolute Gasteiger partial charge is 0.172 e. The second-order valence-corrected chi connectivity index (χ2v) is 3.01. The van der Waals surface area contributed by atoms with Crippen molar-refractivity contribution in [3.05, 3.63) is 16.6 Å². The average molecular weight is 233 g/mol. The minimum absolute atomic E-state index is 0.0818. The first-order valence-electron chi connectivity index (χ1n) is 3.29. The van der Waals surface area contributed by atoms with Gasteiger partial charge < -0.3 is 14.6 Å².